The summed E-state index contributed by atoms with van der Waals surface area (Å²) >= 11 is 1.36. The molecule has 6 heteroatoms. The SMILES string of the molecule is CCC[C@@H](CCC(=O)Nc1nc(-c2ccccc2)cs1)C(=O)O. The third-order valence-corrected chi connectivity index (χ3v) is 4.28. The van der Waals surface area contributed by atoms with Crippen molar-refractivity contribution in [1.29, 1.82) is 0 Å². The van der Waals surface area contributed by atoms with Crippen molar-refractivity contribution in [2.24, 2.45) is 5.92 Å². The van der Waals surface area contributed by atoms with Crippen LogP contribution in [0.5, 0.6) is 0 Å². The van der Waals surface area contributed by atoms with Gasteiger partial charge in [-0.05, 0) is 12.8 Å². The molecule has 0 aliphatic carbocycles. The van der Waals surface area contributed by atoms with E-state index in [1.165, 1.54) is 11.3 Å². The summed E-state index contributed by atoms with van der Waals surface area (Å²) in [5, 5.41) is 14.3. The Balaban J connectivity index is 1.88. The average Bonchev–Trinajstić information content (AvgIpc) is 3.00. The molecule has 0 aliphatic heterocycles. The number of carboxylic acids is 1. The van der Waals surface area contributed by atoms with E-state index in [4.69, 9.17) is 5.11 Å². The minimum Gasteiger partial charge on any atom is -0.481 e. The molecule has 23 heavy (non-hydrogen) atoms. The van der Waals surface area contributed by atoms with Gasteiger partial charge in [0.1, 0.15) is 0 Å². The first-order valence-corrected chi connectivity index (χ1v) is 8.51. The van der Waals surface area contributed by atoms with E-state index in [0.29, 0.717) is 18.0 Å². The molecule has 0 bridgehead atoms. The van der Waals surface area contributed by atoms with Gasteiger partial charge in [0.15, 0.2) is 5.13 Å². The normalized spacial score (nSPS) is 11.9. The van der Waals surface area contributed by atoms with Crippen molar-refractivity contribution in [2.45, 2.75) is 32.6 Å². The summed E-state index contributed by atoms with van der Waals surface area (Å²) in [5.74, 6) is -1.48. The number of rotatable bonds is 8. The minimum absolute atomic E-state index is 0.192. The number of amides is 1. The Labute approximate surface area is 139 Å². The van der Waals surface area contributed by atoms with Gasteiger partial charge in [0.25, 0.3) is 0 Å². The number of hydrogen-bond acceptors (Lipinski definition) is 4. The molecule has 0 unspecified atom stereocenters. The Morgan fingerprint density at radius 1 is 1.26 bits per heavy atom. The van der Waals surface area contributed by atoms with Crippen LogP contribution < -0.4 is 5.32 Å². The van der Waals surface area contributed by atoms with Gasteiger partial charge in [0, 0.05) is 17.4 Å². The monoisotopic (exact) mass is 332 g/mol. The van der Waals surface area contributed by atoms with E-state index in [2.05, 4.69) is 10.3 Å². The highest BCUT2D eigenvalue weighted by Crippen LogP contribution is 2.25. The van der Waals surface area contributed by atoms with Crippen LogP contribution in [0, 0.1) is 5.92 Å². The third-order valence-electron chi connectivity index (χ3n) is 3.53. The van der Waals surface area contributed by atoms with Crippen LogP contribution in [0.15, 0.2) is 35.7 Å². The predicted octanol–water partition coefficient (Wildman–Crippen LogP) is 4.03. The lowest BCUT2D eigenvalue weighted by Crippen LogP contribution is -2.18. The largest absolute Gasteiger partial charge is 0.481 e. The first-order chi connectivity index (χ1) is 11.1. The van der Waals surface area contributed by atoms with E-state index in [9.17, 15) is 9.59 Å². The predicted molar refractivity (Wildman–Crippen MR) is 91.4 cm³/mol. The van der Waals surface area contributed by atoms with Crippen LogP contribution in [-0.4, -0.2) is 22.0 Å². The van der Waals surface area contributed by atoms with Crippen molar-refractivity contribution >= 4 is 28.3 Å². The smallest absolute Gasteiger partial charge is 0.306 e. The quantitative estimate of drug-likeness (QED) is 0.765. The summed E-state index contributed by atoms with van der Waals surface area (Å²) in [4.78, 5) is 27.4. The maximum atomic E-state index is 12.0. The fraction of sp³-hybridized carbons (Fsp3) is 0.353. The summed E-state index contributed by atoms with van der Waals surface area (Å²) in [7, 11) is 0. The van der Waals surface area contributed by atoms with Gasteiger partial charge in [0.05, 0.1) is 11.6 Å². The van der Waals surface area contributed by atoms with E-state index in [1.54, 1.807) is 0 Å². The molecule has 1 aromatic heterocycles. The molecule has 0 saturated carbocycles. The molecule has 1 aromatic carbocycles. The van der Waals surface area contributed by atoms with Crippen LogP contribution in [-0.2, 0) is 9.59 Å². The molecule has 5 nitrogen and oxygen atoms in total. The van der Waals surface area contributed by atoms with Gasteiger partial charge in [0.2, 0.25) is 5.91 Å². The van der Waals surface area contributed by atoms with Gasteiger partial charge in [-0.2, -0.15) is 0 Å². The molecule has 0 spiro atoms. The zero-order valence-corrected chi connectivity index (χ0v) is 13.8. The number of aromatic nitrogens is 1. The van der Waals surface area contributed by atoms with Gasteiger partial charge in [-0.1, -0.05) is 43.7 Å². The van der Waals surface area contributed by atoms with E-state index in [0.717, 1.165) is 17.7 Å². The highest BCUT2D eigenvalue weighted by molar-refractivity contribution is 7.14. The fourth-order valence-corrected chi connectivity index (χ4v) is 3.04. The lowest BCUT2D eigenvalue weighted by atomic mass is 9.98. The first kappa shape index (κ1) is 17.1. The number of benzene rings is 1. The van der Waals surface area contributed by atoms with Gasteiger partial charge in [-0.3, -0.25) is 9.59 Å². The van der Waals surface area contributed by atoms with Crippen LogP contribution in [0.2, 0.25) is 0 Å². The fourth-order valence-electron chi connectivity index (χ4n) is 2.30. The van der Waals surface area contributed by atoms with Crippen LogP contribution in [0.3, 0.4) is 0 Å². The van der Waals surface area contributed by atoms with Crippen molar-refractivity contribution < 1.29 is 14.7 Å². The molecular formula is C17H20N2O3S. The molecule has 1 atom stereocenters. The topological polar surface area (TPSA) is 79.3 Å². The van der Waals surface area contributed by atoms with E-state index in [1.807, 2.05) is 42.6 Å². The Hall–Kier alpha value is -2.21. The second-order valence-corrected chi connectivity index (χ2v) is 6.17. The summed E-state index contributed by atoms with van der Waals surface area (Å²) in [5.41, 5.74) is 1.82. The van der Waals surface area contributed by atoms with Crippen LogP contribution in [0.25, 0.3) is 11.3 Å². The van der Waals surface area contributed by atoms with Crippen LogP contribution in [0.4, 0.5) is 5.13 Å². The molecule has 2 aromatic rings. The molecule has 0 radical (unpaired) electrons. The van der Waals surface area contributed by atoms with E-state index in [-0.39, 0.29) is 12.3 Å². The number of carboxylic acid groups (broad SMARTS) is 1. The maximum absolute atomic E-state index is 12.0. The summed E-state index contributed by atoms with van der Waals surface area (Å²) in [6.07, 6.45) is 1.94. The maximum Gasteiger partial charge on any atom is 0.306 e. The van der Waals surface area contributed by atoms with Crippen molar-refractivity contribution in [2.75, 3.05) is 5.32 Å². The molecule has 1 heterocycles. The lowest BCUT2D eigenvalue weighted by Gasteiger charge is -2.10. The van der Waals surface area contributed by atoms with Crippen LogP contribution >= 0.6 is 11.3 Å². The molecule has 0 fully saturated rings. The van der Waals surface area contributed by atoms with Crippen molar-refractivity contribution in [3.8, 4) is 11.3 Å². The number of carbonyl (C=O) groups excluding carboxylic acids is 1. The van der Waals surface area contributed by atoms with Crippen LogP contribution in [0.1, 0.15) is 32.6 Å². The van der Waals surface area contributed by atoms with E-state index < -0.39 is 11.9 Å². The van der Waals surface area contributed by atoms with Gasteiger partial charge < -0.3 is 10.4 Å². The molecule has 2 N–H and O–H groups in total. The number of aliphatic carboxylic acids is 1. The second-order valence-electron chi connectivity index (χ2n) is 5.31. The number of anilines is 1. The van der Waals surface area contributed by atoms with E-state index >= 15 is 0 Å². The third kappa shape index (κ3) is 5.17. The van der Waals surface area contributed by atoms with Gasteiger partial charge in [-0.15, -0.1) is 11.3 Å². The molecule has 122 valence electrons. The summed E-state index contributed by atoms with van der Waals surface area (Å²) < 4.78 is 0. The summed E-state index contributed by atoms with van der Waals surface area (Å²) in [6, 6.07) is 9.73. The zero-order chi connectivity index (χ0) is 16.7. The molecule has 2 rings (SSSR count). The minimum atomic E-state index is -0.833. The highest BCUT2D eigenvalue weighted by atomic mass is 32.1. The number of thiazole rings is 1. The lowest BCUT2D eigenvalue weighted by molar-refractivity contribution is -0.142. The van der Waals surface area contributed by atoms with Crippen molar-refractivity contribution in [3.05, 3.63) is 35.7 Å². The molecule has 0 saturated heterocycles. The Morgan fingerprint density at radius 3 is 2.65 bits per heavy atom. The first-order valence-electron chi connectivity index (χ1n) is 7.63. The number of carbonyl (C=O) groups is 2. The molecule has 0 aliphatic rings. The Morgan fingerprint density at radius 2 is 2.00 bits per heavy atom. The number of hydrogen-bond donors (Lipinski definition) is 2. The highest BCUT2D eigenvalue weighted by Gasteiger charge is 2.18. The van der Waals surface area contributed by atoms with Gasteiger partial charge >= 0.3 is 5.97 Å². The van der Waals surface area contributed by atoms with Crippen molar-refractivity contribution in [3.63, 3.8) is 0 Å². The standard InChI is InChI=1S/C17H20N2O3S/c1-2-6-13(16(21)22)9-10-15(20)19-17-18-14(11-23-17)12-7-4-3-5-8-12/h3-5,7-8,11,13H,2,6,9-10H2,1H3,(H,21,22)(H,18,19,20)/t13-/m0/s1. The average molecular weight is 332 g/mol. The summed E-state index contributed by atoms with van der Waals surface area (Å²) in [6.45, 7) is 1.94. The van der Waals surface area contributed by atoms with Gasteiger partial charge in [-0.25, -0.2) is 4.98 Å². The molecule has 1 amide bonds. The van der Waals surface area contributed by atoms with Crippen molar-refractivity contribution in [1.82, 2.24) is 4.98 Å². The Kier molecular flexibility index (Phi) is 6.29. The zero-order valence-electron chi connectivity index (χ0n) is 13.0. The Bertz CT molecular complexity index is 655. The number of nitrogens with zero attached hydrogens (tertiary/aromatic N) is 1. The number of nitrogens with one attached hydrogen (secondary N) is 1. The molecular weight excluding hydrogens is 312 g/mol. The second kappa shape index (κ2) is 8.43.